The zero-order valence-electron chi connectivity index (χ0n) is 11.3. The maximum absolute atomic E-state index is 12.1. The number of fused-ring (bicyclic) bond motifs is 1. The fourth-order valence-corrected chi connectivity index (χ4v) is 2.18. The van der Waals surface area contributed by atoms with Crippen LogP contribution in [0.1, 0.15) is 15.9 Å². The van der Waals surface area contributed by atoms with Crippen LogP contribution in [0.15, 0.2) is 54.9 Å². The van der Waals surface area contributed by atoms with Gasteiger partial charge in [0.25, 0.3) is 5.91 Å². The van der Waals surface area contributed by atoms with Gasteiger partial charge in [-0.05, 0) is 23.8 Å². The average Bonchev–Trinajstić information content (AvgIpc) is 2.52. The van der Waals surface area contributed by atoms with E-state index in [9.17, 15) is 4.79 Å². The fraction of sp³-hybridized carbons (Fsp3) is 0.0625. The zero-order chi connectivity index (χ0) is 14.7. The van der Waals surface area contributed by atoms with Crippen molar-refractivity contribution < 1.29 is 4.79 Å². The first kappa shape index (κ1) is 13.1. The summed E-state index contributed by atoms with van der Waals surface area (Å²) < 4.78 is 0. The fourth-order valence-electron chi connectivity index (χ4n) is 2.18. The normalized spacial score (nSPS) is 10.5. The number of nitrogens with zero attached hydrogens (tertiary/aromatic N) is 2. The van der Waals surface area contributed by atoms with Crippen LogP contribution in [0.4, 0.5) is 5.82 Å². The van der Waals surface area contributed by atoms with E-state index in [1.807, 2.05) is 30.3 Å². The van der Waals surface area contributed by atoms with Crippen LogP contribution < -0.4 is 11.1 Å². The second kappa shape index (κ2) is 5.58. The van der Waals surface area contributed by atoms with Crippen molar-refractivity contribution in [1.82, 2.24) is 15.3 Å². The lowest BCUT2D eigenvalue weighted by Crippen LogP contribution is -2.23. The topological polar surface area (TPSA) is 80.9 Å². The van der Waals surface area contributed by atoms with Crippen molar-refractivity contribution in [3.05, 3.63) is 66.0 Å². The van der Waals surface area contributed by atoms with Gasteiger partial charge in [-0.15, -0.1) is 0 Å². The molecular formula is C16H14N4O. The van der Waals surface area contributed by atoms with Crippen LogP contribution >= 0.6 is 0 Å². The lowest BCUT2D eigenvalue weighted by molar-refractivity contribution is 0.0951. The summed E-state index contributed by atoms with van der Waals surface area (Å²) in [5, 5.41) is 3.93. The van der Waals surface area contributed by atoms with Crippen molar-refractivity contribution in [3.63, 3.8) is 0 Å². The number of para-hydroxylation sites is 1. The van der Waals surface area contributed by atoms with Gasteiger partial charge in [0.1, 0.15) is 5.82 Å². The Morgan fingerprint density at radius 1 is 1.10 bits per heavy atom. The maximum Gasteiger partial charge on any atom is 0.251 e. The molecule has 0 fully saturated rings. The first-order valence-electron chi connectivity index (χ1n) is 6.56. The highest BCUT2D eigenvalue weighted by atomic mass is 16.1. The van der Waals surface area contributed by atoms with Crippen molar-refractivity contribution >= 4 is 22.6 Å². The number of nitrogens with one attached hydrogen (secondary N) is 1. The summed E-state index contributed by atoms with van der Waals surface area (Å²) in [5.41, 5.74) is 7.95. The summed E-state index contributed by atoms with van der Waals surface area (Å²) in [6.45, 7) is 0.412. The van der Waals surface area contributed by atoms with Crippen molar-refractivity contribution in [1.29, 1.82) is 0 Å². The molecule has 3 aromatic rings. The van der Waals surface area contributed by atoms with Crippen LogP contribution in [-0.4, -0.2) is 15.9 Å². The van der Waals surface area contributed by atoms with Gasteiger partial charge >= 0.3 is 0 Å². The molecule has 0 aliphatic carbocycles. The number of hydrogen-bond acceptors (Lipinski definition) is 4. The third-order valence-electron chi connectivity index (χ3n) is 3.20. The first-order chi connectivity index (χ1) is 10.2. The summed E-state index contributed by atoms with van der Waals surface area (Å²) in [7, 11) is 0. The minimum atomic E-state index is -0.183. The molecule has 1 aromatic carbocycles. The monoisotopic (exact) mass is 278 g/mol. The van der Waals surface area contributed by atoms with Crippen molar-refractivity contribution in [2.45, 2.75) is 6.54 Å². The number of nitrogen functional groups attached to an aromatic ring is 1. The Bertz CT molecular complexity index is 796. The molecule has 0 aliphatic heterocycles. The lowest BCUT2D eigenvalue weighted by Gasteiger charge is -2.08. The van der Waals surface area contributed by atoms with E-state index in [2.05, 4.69) is 15.3 Å². The van der Waals surface area contributed by atoms with Gasteiger partial charge in [0, 0.05) is 29.9 Å². The number of carbonyl (C=O) groups is 1. The average molecular weight is 278 g/mol. The summed E-state index contributed by atoms with van der Waals surface area (Å²) in [5.74, 6) is 0.145. The van der Waals surface area contributed by atoms with E-state index in [4.69, 9.17) is 5.73 Å². The van der Waals surface area contributed by atoms with Crippen LogP contribution in [0, 0.1) is 0 Å². The van der Waals surface area contributed by atoms with Crippen molar-refractivity contribution in [2.24, 2.45) is 0 Å². The molecule has 0 saturated carbocycles. The Labute approximate surface area is 121 Å². The number of aromatic nitrogens is 2. The van der Waals surface area contributed by atoms with Crippen molar-refractivity contribution in [3.8, 4) is 0 Å². The predicted molar refractivity (Wildman–Crippen MR) is 81.6 cm³/mol. The second-order valence-corrected chi connectivity index (χ2v) is 4.64. The van der Waals surface area contributed by atoms with Gasteiger partial charge in [-0.25, -0.2) is 4.98 Å². The summed E-state index contributed by atoms with van der Waals surface area (Å²) in [6, 6.07) is 13.0. The molecule has 0 bridgehead atoms. The molecule has 0 saturated heterocycles. The molecule has 0 aliphatic rings. The number of hydrogen-bond donors (Lipinski definition) is 2. The van der Waals surface area contributed by atoms with Gasteiger partial charge < -0.3 is 11.1 Å². The summed E-state index contributed by atoms with van der Waals surface area (Å²) >= 11 is 0. The van der Waals surface area contributed by atoms with E-state index >= 15 is 0 Å². The summed E-state index contributed by atoms with van der Waals surface area (Å²) in [4.78, 5) is 20.3. The highest BCUT2D eigenvalue weighted by molar-refractivity contribution is 5.95. The van der Waals surface area contributed by atoms with Gasteiger partial charge in [-0.2, -0.15) is 0 Å². The summed E-state index contributed by atoms with van der Waals surface area (Å²) in [6.07, 6.45) is 3.26. The molecule has 0 unspecified atom stereocenters. The van der Waals surface area contributed by atoms with E-state index in [1.165, 1.54) is 6.20 Å². The molecular weight excluding hydrogens is 264 g/mol. The van der Waals surface area contributed by atoms with Gasteiger partial charge in [-0.1, -0.05) is 24.3 Å². The third-order valence-corrected chi connectivity index (χ3v) is 3.20. The number of benzene rings is 1. The molecule has 2 heterocycles. The zero-order valence-corrected chi connectivity index (χ0v) is 11.3. The highest BCUT2D eigenvalue weighted by Crippen LogP contribution is 2.15. The Balaban J connectivity index is 1.79. The van der Waals surface area contributed by atoms with Crippen LogP contribution in [0.2, 0.25) is 0 Å². The Morgan fingerprint density at radius 2 is 1.95 bits per heavy atom. The number of anilines is 1. The smallest absolute Gasteiger partial charge is 0.251 e. The minimum absolute atomic E-state index is 0.183. The largest absolute Gasteiger partial charge is 0.384 e. The second-order valence-electron chi connectivity index (χ2n) is 4.64. The quantitative estimate of drug-likeness (QED) is 0.769. The Hall–Kier alpha value is -2.95. The third kappa shape index (κ3) is 2.81. The van der Waals surface area contributed by atoms with Crippen LogP contribution in [-0.2, 0) is 6.54 Å². The van der Waals surface area contributed by atoms with E-state index in [0.29, 0.717) is 17.9 Å². The maximum atomic E-state index is 12.1. The first-order valence-corrected chi connectivity index (χ1v) is 6.56. The molecule has 0 spiro atoms. The number of carbonyl (C=O) groups excluding carboxylic acids is 1. The van der Waals surface area contributed by atoms with E-state index in [-0.39, 0.29) is 5.91 Å². The lowest BCUT2D eigenvalue weighted by atomic mass is 10.1. The molecule has 104 valence electrons. The standard InChI is InChI=1S/C16H14N4O/c17-14-9-12(6-8-18-14)16(21)20-10-13-4-1-3-11-5-2-7-19-15(11)13/h1-9H,10H2,(H2,17,18)(H,20,21). The molecule has 0 radical (unpaired) electrons. The molecule has 1 amide bonds. The van der Waals surface area contributed by atoms with Gasteiger partial charge in [0.05, 0.1) is 5.52 Å². The molecule has 3 N–H and O–H groups in total. The molecule has 3 rings (SSSR count). The molecule has 0 atom stereocenters. The predicted octanol–water partition coefficient (Wildman–Crippen LogP) is 2.14. The van der Waals surface area contributed by atoms with Crippen LogP contribution in [0.25, 0.3) is 10.9 Å². The number of nitrogens with two attached hydrogens (primary N) is 1. The van der Waals surface area contributed by atoms with E-state index < -0.39 is 0 Å². The van der Waals surface area contributed by atoms with E-state index in [0.717, 1.165) is 16.5 Å². The van der Waals surface area contributed by atoms with Gasteiger partial charge in [-0.3, -0.25) is 9.78 Å². The van der Waals surface area contributed by atoms with Gasteiger partial charge in [0.15, 0.2) is 0 Å². The molecule has 2 aromatic heterocycles. The van der Waals surface area contributed by atoms with Crippen molar-refractivity contribution in [2.75, 3.05) is 5.73 Å². The molecule has 21 heavy (non-hydrogen) atoms. The SMILES string of the molecule is Nc1cc(C(=O)NCc2cccc3cccnc23)ccn1. The van der Waals surface area contributed by atoms with Crippen LogP contribution in [0.5, 0.6) is 0 Å². The minimum Gasteiger partial charge on any atom is -0.384 e. The number of pyridine rings is 2. The molecule has 5 nitrogen and oxygen atoms in total. The van der Waals surface area contributed by atoms with Crippen LogP contribution in [0.3, 0.4) is 0 Å². The van der Waals surface area contributed by atoms with E-state index in [1.54, 1.807) is 18.3 Å². The molecule has 5 heteroatoms. The number of amides is 1. The number of rotatable bonds is 3. The highest BCUT2D eigenvalue weighted by Gasteiger charge is 2.07. The van der Waals surface area contributed by atoms with Gasteiger partial charge in [0.2, 0.25) is 0 Å². The Kier molecular flexibility index (Phi) is 3.47. The Morgan fingerprint density at radius 3 is 2.81 bits per heavy atom.